The molecule has 0 aliphatic heterocycles. The molecule has 1 aromatic heterocycles. The normalized spacial score (nSPS) is 16.8. The van der Waals surface area contributed by atoms with E-state index >= 15 is 0 Å². The molecule has 2 rings (SSSR count). The Morgan fingerprint density at radius 2 is 1.44 bits per heavy atom. The van der Waals surface area contributed by atoms with Gasteiger partial charge in [0, 0.05) is 16.7 Å². The molecular formula is C24H36O2S. The molecule has 0 bridgehead atoms. The Bertz CT molecular complexity index is 680. The van der Waals surface area contributed by atoms with Crippen molar-refractivity contribution in [1.29, 1.82) is 0 Å². The number of allylic oxidation sites excluding steroid dienone is 2. The number of hydrogen-bond donors (Lipinski definition) is 0. The van der Waals surface area contributed by atoms with Crippen LogP contribution in [0.15, 0.2) is 22.6 Å². The van der Waals surface area contributed by atoms with E-state index in [-0.39, 0.29) is 11.6 Å². The van der Waals surface area contributed by atoms with E-state index in [2.05, 4.69) is 27.7 Å². The SMILES string of the molecule is CC1=C(CCC(C)CCCC(C)CCCC(C)C)C(=O)c2sccc2C1=O. The van der Waals surface area contributed by atoms with Crippen molar-refractivity contribution in [2.24, 2.45) is 17.8 Å². The highest BCUT2D eigenvalue weighted by molar-refractivity contribution is 7.12. The third-order valence-electron chi connectivity index (χ3n) is 5.94. The lowest BCUT2D eigenvalue weighted by molar-refractivity contribution is 0.0974. The zero-order valence-corrected chi connectivity index (χ0v) is 18.6. The van der Waals surface area contributed by atoms with Crippen molar-refractivity contribution in [1.82, 2.24) is 0 Å². The van der Waals surface area contributed by atoms with Gasteiger partial charge in [-0.15, -0.1) is 11.3 Å². The summed E-state index contributed by atoms with van der Waals surface area (Å²) in [6.07, 6.45) is 9.55. The fourth-order valence-corrected chi connectivity index (χ4v) is 4.84. The van der Waals surface area contributed by atoms with Gasteiger partial charge >= 0.3 is 0 Å². The Hall–Kier alpha value is -1.22. The molecule has 1 heterocycles. The molecule has 2 atom stereocenters. The van der Waals surface area contributed by atoms with Crippen LogP contribution in [0.3, 0.4) is 0 Å². The highest BCUT2D eigenvalue weighted by Crippen LogP contribution is 2.33. The molecule has 27 heavy (non-hydrogen) atoms. The monoisotopic (exact) mass is 388 g/mol. The molecule has 3 heteroatoms. The Labute approximate surface area is 169 Å². The van der Waals surface area contributed by atoms with Crippen LogP contribution in [-0.4, -0.2) is 11.6 Å². The van der Waals surface area contributed by atoms with Crippen LogP contribution in [0.1, 0.15) is 106 Å². The molecule has 1 aliphatic rings. The summed E-state index contributed by atoms with van der Waals surface area (Å²) in [7, 11) is 0. The van der Waals surface area contributed by atoms with Gasteiger partial charge in [0.2, 0.25) is 0 Å². The fourth-order valence-electron chi connectivity index (χ4n) is 3.98. The summed E-state index contributed by atoms with van der Waals surface area (Å²) >= 11 is 1.40. The summed E-state index contributed by atoms with van der Waals surface area (Å²) in [5.74, 6) is 2.36. The van der Waals surface area contributed by atoms with E-state index in [0.717, 1.165) is 30.3 Å². The van der Waals surface area contributed by atoms with Gasteiger partial charge in [-0.2, -0.15) is 0 Å². The molecule has 150 valence electrons. The van der Waals surface area contributed by atoms with Crippen LogP contribution in [0.2, 0.25) is 0 Å². The van der Waals surface area contributed by atoms with Crippen molar-refractivity contribution in [2.75, 3.05) is 0 Å². The van der Waals surface area contributed by atoms with Crippen molar-refractivity contribution < 1.29 is 9.59 Å². The lowest BCUT2D eigenvalue weighted by Gasteiger charge is -2.18. The second kappa shape index (κ2) is 10.4. The van der Waals surface area contributed by atoms with Gasteiger partial charge in [-0.05, 0) is 49.0 Å². The number of carbonyl (C=O) groups is 2. The maximum absolute atomic E-state index is 12.7. The standard InChI is InChI=1S/C24H36O2S/c1-16(2)8-6-9-17(3)10-7-11-18(4)12-13-20-19(5)22(25)21-14-15-27-24(21)23(20)26/h14-18H,6-13H2,1-5H3. The molecule has 0 aromatic carbocycles. The number of fused-ring (bicyclic) bond motifs is 1. The summed E-state index contributed by atoms with van der Waals surface area (Å²) in [4.78, 5) is 25.8. The van der Waals surface area contributed by atoms with Crippen LogP contribution in [0, 0.1) is 17.8 Å². The topological polar surface area (TPSA) is 34.1 Å². The summed E-state index contributed by atoms with van der Waals surface area (Å²) in [5.41, 5.74) is 2.02. The molecule has 0 amide bonds. The molecule has 2 nitrogen and oxygen atoms in total. The number of hydrogen-bond acceptors (Lipinski definition) is 3. The first kappa shape index (κ1) is 22.1. The molecule has 2 unspecified atom stereocenters. The van der Waals surface area contributed by atoms with Gasteiger partial charge in [0.1, 0.15) is 0 Å². The molecule has 0 radical (unpaired) electrons. The van der Waals surface area contributed by atoms with E-state index in [1.807, 2.05) is 12.3 Å². The van der Waals surface area contributed by atoms with Gasteiger partial charge in [-0.25, -0.2) is 0 Å². The first-order chi connectivity index (χ1) is 12.8. The number of ketones is 2. The van der Waals surface area contributed by atoms with Crippen molar-refractivity contribution in [2.45, 2.75) is 86.0 Å². The average molecular weight is 389 g/mol. The molecular weight excluding hydrogens is 352 g/mol. The third-order valence-corrected chi connectivity index (χ3v) is 6.86. The van der Waals surface area contributed by atoms with Crippen molar-refractivity contribution in [3.05, 3.63) is 33.0 Å². The van der Waals surface area contributed by atoms with Gasteiger partial charge < -0.3 is 0 Å². The summed E-state index contributed by atoms with van der Waals surface area (Å²) in [6.45, 7) is 11.1. The highest BCUT2D eigenvalue weighted by atomic mass is 32.1. The van der Waals surface area contributed by atoms with Crippen LogP contribution < -0.4 is 0 Å². The molecule has 0 fully saturated rings. The predicted octanol–water partition coefficient (Wildman–Crippen LogP) is 7.49. The van der Waals surface area contributed by atoms with Crippen LogP contribution in [-0.2, 0) is 0 Å². The minimum absolute atomic E-state index is 0.0451. The molecule has 1 aliphatic carbocycles. The van der Waals surface area contributed by atoms with E-state index in [9.17, 15) is 9.59 Å². The summed E-state index contributed by atoms with van der Waals surface area (Å²) in [5, 5.41) is 1.85. The van der Waals surface area contributed by atoms with Gasteiger partial charge in [0.25, 0.3) is 0 Å². The molecule has 1 aromatic rings. The van der Waals surface area contributed by atoms with Crippen LogP contribution in [0.25, 0.3) is 0 Å². The molecule has 0 saturated carbocycles. The van der Waals surface area contributed by atoms with E-state index < -0.39 is 0 Å². The first-order valence-electron chi connectivity index (χ1n) is 10.7. The second-order valence-electron chi connectivity index (χ2n) is 8.93. The van der Waals surface area contributed by atoms with Crippen molar-refractivity contribution >= 4 is 22.9 Å². The third kappa shape index (κ3) is 6.14. The number of Topliss-reactive ketones (excluding diaryl/α,β-unsaturated/α-hetero) is 2. The Balaban J connectivity index is 1.74. The molecule has 0 N–H and O–H groups in total. The van der Waals surface area contributed by atoms with E-state index in [0.29, 0.717) is 21.9 Å². The number of thiophene rings is 1. The van der Waals surface area contributed by atoms with Crippen LogP contribution in [0.4, 0.5) is 0 Å². The van der Waals surface area contributed by atoms with E-state index in [1.165, 1.54) is 49.9 Å². The van der Waals surface area contributed by atoms with Gasteiger partial charge in [-0.1, -0.05) is 66.2 Å². The lowest BCUT2D eigenvalue weighted by Crippen LogP contribution is -2.19. The quantitative estimate of drug-likeness (QED) is 0.393. The molecule has 0 saturated heterocycles. The van der Waals surface area contributed by atoms with Crippen molar-refractivity contribution in [3.63, 3.8) is 0 Å². The average Bonchev–Trinajstić information content (AvgIpc) is 3.09. The summed E-state index contributed by atoms with van der Waals surface area (Å²) in [6, 6.07) is 1.78. The Morgan fingerprint density at radius 3 is 2.07 bits per heavy atom. The number of carbonyl (C=O) groups excluding carboxylic acids is 2. The maximum Gasteiger partial charge on any atom is 0.200 e. The van der Waals surface area contributed by atoms with Gasteiger partial charge in [0.05, 0.1) is 4.88 Å². The predicted molar refractivity (Wildman–Crippen MR) is 116 cm³/mol. The molecule has 0 spiro atoms. The highest BCUT2D eigenvalue weighted by Gasteiger charge is 2.30. The number of rotatable bonds is 11. The minimum atomic E-state index is 0.0451. The van der Waals surface area contributed by atoms with Crippen LogP contribution >= 0.6 is 11.3 Å². The van der Waals surface area contributed by atoms with Crippen molar-refractivity contribution in [3.8, 4) is 0 Å². The van der Waals surface area contributed by atoms with Gasteiger partial charge in [-0.3, -0.25) is 9.59 Å². The maximum atomic E-state index is 12.7. The first-order valence-corrected chi connectivity index (χ1v) is 11.6. The minimum Gasteiger partial charge on any atom is -0.289 e. The Morgan fingerprint density at radius 1 is 0.852 bits per heavy atom. The Kier molecular flexibility index (Phi) is 8.47. The zero-order chi connectivity index (χ0) is 20.0. The fraction of sp³-hybridized carbons (Fsp3) is 0.667. The smallest absolute Gasteiger partial charge is 0.200 e. The van der Waals surface area contributed by atoms with Crippen LogP contribution in [0.5, 0.6) is 0 Å². The second-order valence-corrected chi connectivity index (χ2v) is 9.85. The van der Waals surface area contributed by atoms with Gasteiger partial charge in [0.15, 0.2) is 11.6 Å². The lowest BCUT2D eigenvalue weighted by atomic mass is 9.85. The van der Waals surface area contributed by atoms with E-state index in [1.54, 1.807) is 6.07 Å². The zero-order valence-electron chi connectivity index (χ0n) is 17.8. The summed E-state index contributed by atoms with van der Waals surface area (Å²) < 4.78 is 0. The largest absolute Gasteiger partial charge is 0.289 e. The van der Waals surface area contributed by atoms with E-state index in [4.69, 9.17) is 0 Å².